The van der Waals surface area contributed by atoms with Gasteiger partial charge in [-0.25, -0.2) is 0 Å². The fourth-order valence-electron chi connectivity index (χ4n) is 3.76. The first-order chi connectivity index (χ1) is 13.6. The molecule has 0 aromatic heterocycles. The standard InChI is InChI=1S/C23H30ClN3O/c1-26(21-11-3-2-4-12-21)15-8-14-25-23(28)20-10-7-16-27(18-20)17-19-9-5-6-13-22(19)24/h2-6,9,11-13,20H,7-8,10,14-18H2,1H3,(H,25,28)/t20-/m0/s1. The second-order valence-corrected chi connectivity index (χ2v) is 7.97. The van der Waals surface area contributed by atoms with Crippen molar-refractivity contribution in [3.63, 3.8) is 0 Å². The van der Waals surface area contributed by atoms with E-state index in [0.717, 1.165) is 62.6 Å². The number of rotatable bonds is 8. The van der Waals surface area contributed by atoms with Crippen molar-refractivity contribution in [3.05, 3.63) is 65.2 Å². The summed E-state index contributed by atoms with van der Waals surface area (Å²) in [5.41, 5.74) is 2.34. The number of anilines is 1. The Morgan fingerprint density at radius 1 is 1.18 bits per heavy atom. The number of benzene rings is 2. The van der Waals surface area contributed by atoms with Crippen molar-refractivity contribution >= 4 is 23.2 Å². The average molecular weight is 400 g/mol. The molecule has 3 rings (SSSR count). The van der Waals surface area contributed by atoms with Crippen molar-refractivity contribution in [3.8, 4) is 0 Å². The third-order valence-corrected chi connectivity index (χ3v) is 5.76. The number of carbonyl (C=O) groups is 1. The average Bonchev–Trinajstić information content (AvgIpc) is 2.73. The molecule has 1 heterocycles. The summed E-state index contributed by atoms with van der Waals surface area (Å²) in [5, 5.41) is 3.94. The Morgan fingerprint density at radius 3 is 2.71 bits per heavy atom. The molecule has 5 heteroatoms. The van der Waals surface area contributed by atoms with Gasteiger partial charge in [-0.2, -0.15) is 0 Å². The molecule has 4 nitrogen and oxygen atoms in total. The van der Waals surface area contributed by atoms with Crippen LogP contribution in [0.5, 0.6) is 0 Å². The van der Waals surface area contributed by atoms with E-state index in [-0.39, 0.29) is 11.8 Å². The molecule has 1 fully saturated rings. The topological polar surface area (TPSA) is 35.6 Å². The molecule has 1 atom stereocenters. The maximum Gasteiger partial charge on any atom is 0.224 e. The van der Waals surface area contributed by atoms with Crippen LogP contribution < -0.4 is 10.2 Å². The smallest absolute Gasteiger partial charge is 0.224 e. The van der Waals surface area contributed by atoms with Crippen molar-refractivity contribution in [2.24, 2.45) is 5.92 Å². The predicted molar refractivity (Wildman–Crippen MR) is 117 cm³/mol. The van der Waals surface area contributed by atoms with Crippen LogP contribution >= 0.6 is 11.6 Å². The van der Waals surface area contributed by atoms with Crippen molar-refractivity contribution < 1.29 is 4.79 Å². The molecule has 0 radical (unpaired) electrons. The van der Waals surface area contributed by atoms with Crippen LogP contribution in [0.25, 0.3) is 0 Å². The van der Waals surface area contributed by atoms with Crippen LogP contribution in [0.2, 0.25) is 5.02 Å². The lowest BCUT2D eigenvalue weighted by molar-refractivity contribution is -0.126. The predicted octanol–water partition coefficient (Wildman–Crippen LogP) is 4.19. The first kappa shape index (κ1) is 20.7. The summed E-state index contributed by atoms with van der Waals surface area (Å²) in [6.07, 6.45) is 2.96. The van der Waals surface area contributed by atoms with Crippen molar-refractivity contribution in [2.75, 3.05) is 38.1 Å². The van der Waals surface area contributed by atoms with Gasteiger partial charge in [0.2, 0.25) is 5.91 Å². The number of carbonyl (C=O) groups excluding carboxylic acids is 1. The number of hydrogen-bond acceptors (Lipinski definition) is 3. The first-order valence-electron chi connectivity index (χ1n) is 10.1. The molecule has 0 aliphatic carbocycles. The molecule has 150 valence electrons. The maximum atomic E-state index is 12.6. The molecule has 1 saturated heterocycles. The molecule has 28 heavy (non-hydrogen) atoms. The van der Waals surface area contributed by atoms with Crippen LogP contribution in [0.3, 0.4) is 0 Å². The van der Waals surface area contributed by atoms with Crippen molar-refractivity contribution in [1.29, 1.82) is 0 Å². The van der Waals surface area contributed by atoms with Crippen LogP contribution in [0, 0.1) is 5.92 Å². The summed E-state index contributed by atoms with van der Waals surface area (Å²) in [5.74, 6) is 0.259. The maximum absolute atomic E-state index is 12.6. The summed E-state index contributed by atoms with van der Waals surface area (Å²) >= 11 is 6.29. The zero-order chi connectivity index (χ0) is 19.8. The van der Waals surface area contributed by atoms with Crippen LogP contribution in [0.15, 0.2) is 54.6 Å². The number of piperidine rings is 1. The molecule has 1 amide bonds. The fraction of sp³-hybridized carbons (Fsp3) is 0.435. The molecular formula is C23H30ClN3O. The van der Waals surface area contributed by atoms with E-state index in [1.54, 1.807) is 0 Å². The van der Waals surface area contributed by atoms with Crippen LogP contribution in [0.4, 0.5) is 5.69 Å². The SMILES string of the molecule is CN(CCCNC(=O)[C@H]1CCCN(Cc2ccccc2Cl)C1)c1ccccc1. The molecule has 2 aromatic carbocycles. The number of halogens is 1. The summed E-state index contributed by atoms with van der Waals surface area (Å²) < 4.78 is 0. The van der Waals surface area contributed by atoms with Gasteiger partial charge in [0.15, 0.2) is 0 Å². The molecule has 0 bridgehead atoms. The van der Waals surface area contributed by atoms with Gasteiger partial charge in [-0.05, 0) is 49.6 Å². The fourth-order valence-corrected chi connectivity index (χ4v) is 3.96. The van der Waals surface area contributed by atoms with Gasteiger partial charge >= 0.3 is 0 Å². The minimum absolute atomic E-state index is 0.0723. The van der Waals surface area contributed by atoms with Crippen molar-refractivity contribution in [1.82, 2.24) is 10.2 Å². The van der Waals surface area contributed by atoms with Gasteiger partial charge in [-0.3, -0.25) is 9.69 Å². The van der Waals surface area contributed by atoms with E-state index in [0.29, 0.717) is 0 Å². The van der Waals surface area contributed by atoms with Crippen LogP contribution in [-0.4, -0.2) is 44.0 Å². The van der Waals surface area contributed by atoms with Crippen molar-refractivity contribution in [2.45, 2.75) is 25.8 Å². The van der Waals surface area contributed by atoms with Gasteiger partial charge in [0.25, 0.3) is 0 Å². The summed E-state index contributed by atoms with van der Waals surface area (Å²) in [6, 6.07) is 18.3. The number of amides is 1. The minimum Gasteiger partial charge on any atom is -0.375 e. The molecule has 1 N–H and O–H groups in total. The number of para-hydroxylation sites is 1. The molecule has 0 spiro atoms. The molecule has 0 saturated carbocycles. The van der Waals surface area contributed by atoms with Gasteiger partial charge in [-0.1, -0.05) is 48.0 Å². The number of hydrogen-bond donors (Lipinski definition) is 1. The highest BCUT2D eigenvalue weighted by molar-refractivity contribution is 6.31. The Bertz CT molecular complexity index is 753. The van der Waals surface area contributed by atoms with E-state index in [1.165, 1.54) is 5.69 Å². The molecule has 0 unspecified atom stereocenters. The highest BCUT2D eigenvalue weighted by Crippen LogP contribution is 2.22. The van der Waals surface area contributed by atoms with Gasteiger partial charge in [0.1, 0.15) is 0 Å². The first-order valence-corrected chi connectivity index (χ1v) is 10.5. The minimum atomic E-state index is 0.0723. The Kier molecular flexibility index (Phi) is 7.75. The third kappa shape index (κ3) is 5.98. The van der Waals surface area contributed by atoms with E-state index in [9.17, 15) is 4.79 Å². The molecule has 1 aliphatic heterocycles. The summed E-state index contributed by atoms with van der Waals surface area (Å²) in [6.45, 7) is 4.29. The highest BCUT2D eigenvalue weighted by Gasteiger charge is 2.25. The van der Waals surface area contributed by atoms with Gasteiger partial charge in [-0.15, -0.1) is 0 Å². The largest absolute Gasteiger partial charge is 0.375 e. The lowest BCUT2D eigenvalue weighted by atomic mass is 9.96. The van der Waals surface area contributed by atoms with Gasteiger partial charge < -0.3 is 10.2 Å². The second kappa shape index (κ2) is 10.5. The van der Waals surface area contributed by atoms with Crippen LogP contribution in [-0.2, 0) is 11.3 Å². The van der Waals surface area contributed by atoms with Gasteiger partial charge in [0.05, 0.1) is 5.92 Å². The molecule has 2 aromatic rings. The number of nitrogens with zero attached hydrogens (tertiary/aromatic N) is 2. The van der Waals surface area contributed by atoms with E-state index < -0.39 is 0 Å². The van der Waals surface area contributed by atoms with Crippen LogP contribution in [0.1, 0.15) is 24.8 Å². The van der Waals surface area contributed by atoms with E-state index >= 15 is 0 Å². The second-order valence-electron chi connectivity index (χ2n) is 7.57. The normalized spacial score (nSPS) is 17.3. The molecule has 1 aliphatic rings. The third-order valence-electron chi connectivity index (χ3n) is 5.39. The van der Waals surface area contributed by atoms with E-state index in [1.807, 2.05) is 36.4 Å². The zero-order valence-corrected chi connectivity index (χ0v) is 17.4. The quantitative estimate of drug-likeness (QED) is 0.676. The monoisotopic (exact) mass is 399 g/mol. The lowest BCUT2D eigenvalue weighted by Gasteiger charge is -2.32. The Balaban J connectivity index is 1.40. The molecular weight excluding hydrogens is 370 g/mol. The Morgan fingerprint density at radius 2 is 1.93 bits per heavy atom. The Labute approximate surface area is 173 Å². The summed E-state index contributed by atoms with van der Waals surface area (Å²) in [4.78, 5) is 17.2. The highest BCUT2D eigenvalue weighted by atomic mass is 35.5. The number of likely N-dealkylation sites (tertiary alicyclic amines) is 1. The zero-order valence-electron chi connectivity index (χ0n) is 16.6. The Hall–Kier alpha value is -2.04. The van der Waals surface area contributed by atoms with E-state index in [4.69, 9.17) is 11.6 Å². The van der Waals surface area contributed by atoms with Gasteiger partial charge in [0, 0.05) is 43.9 Å². The van der Waals surface area contributed by atoms with E-state index in [2.05, 4.69) is 40.4 Å². The lowest BCUT2D eigenvalue weighted by Crippen LogP contribution is -2.43. The summed E-state index contributed by atoms with van der Waals surface area (Å²) in [7, 11) is 2.09. The number of nitrogens with one attached hydrogen (secondary N) is 1.